The lowest BCUT2D eigenvalue weighted by molar-refractivity contribution is 0.154. The molecule has 3 aromatic rings. The minimum Gasteiger partial charge on any atom is -0.493 e. The van der Waals surface area contributed by atoms with Crippen LogP contribution in [0.15, 0.2) is 43.1 Å². The molecule has 0 saturated heterocycles. The zero-order chi connectivity index (χ0) is 17.1. The second-order valence-corrected chi connectivity index (χ2v) is 6.29. The Balaban J connectivity index is 1.39. The van der Waals surface area contributed by atoms with Gasteiger partial charge in [0.1, 0.15) is 11.6 Å². The van der Waals surface area contributed by atoms with Gasteiger partial charge in [0.25, 0.3) is 0 Å². The number of nitrogens with zero attached hydrogens (tertiary/aromatic N) is 5. The third-order valence-corrected chi connectivity index (χ3v) is 4.72. The van der Waals surface area contributed by atoms with Gasteiger partial charge < -0.3 is 9.30 Å². The maximum atomic E-state index is 5.79. The summed E-state index contributed by atoms with van der Waals surface area (Å²) in [4.78, 5) is 11.1. The van der Waals surface area contributed by atoms with E-state index in [0.717, 1.165) is 37.6 Å². The third-order valence-electron chi connectivity index (χ3n) is 4.72. The van der Waals surface area contributed by atoms with Gasteiger partial charge in [0.2, 0.25) is 0 Å². The molecule has 1 aliphatic rings. The van der Waals surface area contributed by atoms with Crippen LogP contribution < -0.4 is 4.74 Å². The summed E-state index contributed by atoms with van der Waals surface area (Å²) in [6.07, 6.45) is 10.2. The zero-order valence-electron chi connectivity index (χ0n) is 14.3. The molecular weight excluding hydrogens is 316 g/mol. The van der Waals surface area contributed by atoms with Gasteiger partial charge in [-0.3, -0.25) is 15.0 Å². The van der Waals surface area contributed by atoms with Gasteiger partial charge in [0.15, 0.2) is 0 Å². The lowest BCUT2D eigenvalue weighted by Crippen LogP contribution is -2.37. The highest BCUT2D eigenvalue weighted by molar-refractivity contribution is 5.17. The van der Waals surface area contributed by atoms with E-state index < -0.39 is 0 Å². The number of fused-ring (bicyclic) bond motifs is 1. The monoisotopic (exact) mass is 338 g/mol. The highest BCUT2D eigenvalue weighted by Gasteiger charge is 2.27. The molecule has 4 heterocycles. The van der Waals surface area contributed by atoms with E-state index in [1.165, 1.54) is 11.3 Å². The van der Waals surface area contributed by atoms with Crippen LogP contribution in [0.1, 0.15) is 30.0 Å². The van der Waals surface area contributed by atoms with Crippen molar-refractivity contribution in [3.63, 3.8) is 0 Å². The SMILES string of the molecule is C[C@@H]1c2ncc(CCOc3ccncc3)n2CCN1Cc1cn[nH]c1. The first kappa shape index (κ1) is 15.8. The number of ether oxygens (including phenoxy) is 1. The van der Waals surface area contributed by atoms with Crippen molar-refractivity contribution in [1.82, 2.24) is 29.6 Å². The topological polar surface area (TPSA) is 71.9 Å². The Morgan fingerprint density at radius 2 is 2.12 bits per heavy atom. The number of nitrogens with one attached hydrogen (secondary N) is 1. The zero-order valence-corrected chi connectivity index (χ0v) is 14.3. The first-order valence-electron chi connectivity index (χ1n) is 8.60. The molecule has 0 bridgehead atoms. The first-order chi connectivity index (χ1) is 12.3. The van der Waals surface area contributed by atoms with Gasteiger partial charge in [-0.15, -0.1) is 0 Å². The van der Waals surface area contributed by atoms with Crippen molar-refractivity contribution in [2.45, 2.75) is 32.5 Å². The first-order valence-corrected chi connectivity index (χ1v) is 8.60. The fourth-order valence-electron chi connectivity index (χ4n) is 3.33. The van der Waals surface area contributed by atoms with Crippen LogP contribution in [-0.4, -0.2) is 42.8 Å². The molecule has 3 aromatic heterocycles. The summed E-state index contributed by atoms with van der Waals surface area (Å²) in [7, 11) is 0. The Kier molecular flexibility index (Phi) is 4.47. The molecule has 0 radical (unpaired) electrons. The molecule has 0 amide bonds. The molecule has 1 atom stereocenters. The standard InChI is InChI=1S/C18H22N6O/c1-14-18-20-12-16(4-9-25-17-2-5-19-6-3-17)24(18)8-7-23(14)13-15-10-21-22-11-15/h2-3,5-6,10-12,14H,4,7-9,13H2,1H3,(H,21,22)/t14-/m1/s1. The van der Waals surface area contributed by atoms with Crippen molar-refractivity contribution in [2.75, 3.05) is 13.2 Å². The minimum absolute atomic E-state index is 0.290. The van der Waals surface area contributed by atoms with Crippen LogP contribution in [0, 0.1) is 0 Å². The predicted octanol–water partition coefficient (Wildman–Crippen LogP) is 2.20. The van der Waals surface area contributed by atoms with Gasteiger partial charge in [-0.25, -0.2) is 4.98 Å². The van der Waals surface area contributed by atoms with Gasteiger partial charge in [-0.05, 0) is 19.1 Å². The van der Waals surface area contributed by atoms with E-state index >= 15 is 0 Å². The van der Waals surface area contributed by atoms with E-state index in [0.29, 0.717) is 12.6 Å². The number of hydrogen-bond acceptors (Lipinski definition) is 5. The molecule has 0 saturated carbocycles. The molecule has 7 heteroatoms. The number of imidazole rings is 1. The normalized spacial score (nSPS) is 17.4. The van der Waals surface area contributed by atoms with E-state index in [2.05, 4.69) is 36.6 Å². The van der Waals surface area contributed by atoms with Crippen LogP contribution in [0.5, 0.6) is 5.75 Å². The van der Waals surface area contributed by atoms with Crippen LogP contribution in [0.3, 0.4) is 0 Å². The Morgan fingerprint density at radius 1 is 1.24 bits per heavy atom. The summed E-state index contributed by atoms with van der Waals surface area (Å²) in [6, 6.07) is 4.04. The largest absolute Gasteiger partial charge is 0.493 e. The van der Waals surface area contributed by atoms with Crippen LogP contribution in [0.2, 0.25) is 0 Å². The number of pyridine rings is 1. The lowest BCUT2D eigenvalue weighted by Gasteiger charge is -2.34. The Morgan fingerprint density at radius 3 is 2.92 bits per heavy atom. The van der Waals surface area contributed by atoms with E-state index in [9.17, 15) is 0 Å². The predicted molar refractivity (Wildman–Crippen MR) is 93.1 cm³/mol. The highest BCUT2D eigenvalue weighted by atomic mass is 16.5. The number of rotatable bonds is 6. The Hall–Kier alpha value is -2.67. The third kappa shape index (κ3) is 3.41. The molecule has 1 N–H and O–H groups in total. The van der Waals surface area contributed by atoms with Crippen molar-refractivity contribution >= 4 is 0 Å². The summed E-state index contributed by atoms with van der Waals surface area (Å²) in [5.74, 6) is 1.99. The average Bonchev–Trinajstić information content (AvgIpc) is 3.29. The summed E-state index contributed by atoms with van der Waals surface area (Å²) < 4.78 is 8.13. The van der Waals surface area contributed by atoms with Gasteiger partial charge in [0, 0.05) is 62.1 Å². The highest BCUT2D eigenvalue weighted by Crippen LogP contribution is 2.26. The number of aromatic nitrogens is 5. The molecule has 7 nitrogen and oxygen atoms in total. The van der Waals surface area contributed by atoms with Crippen LogP contribution in [-0.2, 0) is 19.5 Å². The number of H-pyrrole nitrogens is 1. The maximum Gasteiger partial charge on any atom is 0.126 e. The molecule has 130 valence electrons. The van der Waals surface area contributed by atoms with Crippen LogP contribution in [0.4, 0.5) is 0 Å². The number of aromatic amines is 1. The van der Waals surface area contributed by atoms with Crippen molar-refractivity contribution < 1.29 is 4.74 Å². The van der Waals surface area contributed by atoms with E-state index in [-0.39, 0.29) is 0 Å². The van der Waals surface area contributed by atoms with Crippen molar-refractivity contribution in [3.05, 3.63) is 60.2 Å². The molecule has 0 aliphatic carbocycles. The minimum atomic E-state index is 0.290. The van der Waals surface area contributed by atoms with E-state index in [4.69, 9.17) is 4.74 Å². The fourth-order valence-corrected chi connectivity index (χ4v) is 3.33. The quantitative estimate of drug-likeness (QED) is 0.746. The average molecular weight is 338 g/mol. The molecule has 4 rings (SSSR count). The van der Waals surface area contributed by atoms with Crippen LogP contribution in [0.25, 0.3) is 0 Å². The van der Waals surface area contributed by atoms with Gasteiger partial charge in [-0.1, -0.05) is 0 Å². The summed E-state index contributed by atoms with van der Waals surface area (Å²) >= 11 is 0. The fraction of sp³-hybridized carbons (Fsp3) is 0.389. The Bertz CT molecular complexity index is 798. The summed E-state index contributed by atoms with van der Waals surface area (Å²) in [6.45, 7) is 5.72. The molecular formula is C18H22N6O. The van der Waals surface area contributed by atoms with Gasteiger partial charge in [-0.2, -0.15) is 5.10 Å². The number of hydrogen-bond donors (Lipinski definition) is 1. The smallest absolute Gasteiger partial charge is 0.126 e. The van der Waals surface area contributed by atoms with E-state index in [1.54, 1.807) is 12.4 Å². The van der Waals surface area contributed by atoms with Crippen LogP contribution >= 0.6 is 0 Å². The molecule has 0 unspecified atom stereocenters. The Labute approximate surface area is 146 Å². The second-order valence-electron chi connectivity index (χ2n) is 6.29. The summed E-state index contributed by atoms with van der Waals surface area (Å²) in [5, 5.41) is 6.91. The molecule has 0 aromatic carbocycles. The van der Waals surface area contributed by atoms with Crippen molar-refractivity contribution in [1.29, 1.82) is 0 Å². The summed E-state index contributed by atoms with van der Waals surface area (Å²) in [5.41, 5.74) is 2.44. The van der Waals surface area contributed by atoms with Crippen molar-refractivity contribution in [2.24, 2.45) is 0 Å². The van der Waals surface area contributed by atoms with Gasteiger partial charge >= 0.3 is 0 Å². The maximum absolute atomic E-state index is 5.79. The molecule has 25 heavy (non-hydrogen) atoms. The van der Waals surface area contributed by atoms with E-state index in [1.807, 2.05) is 30.7 Å². The lowest BCUT2D eigenvalue weighted by atomic mass is 10.2. The second kappa shape index (κ2) is 7.06. The molecule has 0 spiro atoms. The molecule has 0 fully saturated rings. The van der Waals surface area contributed by atoms with Crippen molar-refractivity contribution in [3.8, 4) is 5.75 Å². The van der Waals surface area contributed by atoms with Gasteiger partial charge in [0.05, 0.1) is 18.8 Å². The molecule has 1 aliphatic heterocycles.